The van der Waals surface area contributed by atoms with Gasteiger partial charge in [-0.1, -0.05) is 19.3 Å². The summed E-state index contributed by atoms with van der Waals surface area (Å²) < 4.78 is 9.73. The van der Waals surface area contributed by atoms with Crippen LogP contribution in [0.4, 0.5) is 0 Å². The number of esters is 1. The van der Waals surface area contributed by atoms with Gasteiger partial charge in [-0.15, -0.1) is 0 Å². The predicted molar refractivity (Wildman–Crippen MR) is 49.4 cm³/mol. The normalized spacial score (nSPS) is 18.5. The van der Waals surface area contributed by atoms with Crippen LogP contribution in [0.25, 0.3) is 0 Å². The largest absolute Gasteiger partial charge is 0.464 e. The molecule has 0 aliphatic heterocycles. The Hall–Kier alpha value is -0.570. The summed E-state index contributed by atoms with van der Waals surface area (Å²) >= 11 is 0. The minimum Gasteiger partial charge on any atom is -0.464 e. The molecule has 0 spiro atoms. The first-order chi connectivity index (χ1) is 6.33. The van der Waals surface area contributed by atoms with Crippen LogP contribution in [0.2, 0.25) is 0 Å². The van der Waals surface area contributed by atoms with Crippen molar-refractivity contribution in [2.45, 2.75) is 32.1 Å². The van der Waals surface area contributed by atoms with Gasteiger partial charge >= 0.3 is 5.97 Å². The molecule has 0 aromatic heterocycles. The van der Waals surface area contributed by atoms with E-state index in [4.69, 9.17) is 4.74 Å². The Labute approximate surface area is 79.4 Å². The molecule has 0 saturated heterocycles. The van der Waals surface area contributed by atoms with Crippen molar-refractivity contribution in [3.63, 3.8) is 0 Å². The van der Waals surface area contributed by atoms with Gasteiger partial charge in [-0.3, -0.25) is 0 Å². The van der Waals surface area contributed by atoms with Gasteiger partial charge in [0.25, 0.3) is 0 Å². The molecule has 1 saturated carbocycles. The zero-order valence-electron chi connectivity index (χ0n) is 8.25. The molecule has 76 valence electrons. The highest BCUT2D eigenvalue weighted by atomic mass is 16.6. The van der Waals surface area contributed by atoms with E-state index in [1.165, 1.54) is 39.2 Å². The molecule has 0 amide bonds. The van der Waals surface area contributed by atoms with Crippen LogP contribution in [0.5, 0.6) is 0 Å². The summed E-state index contributed by atoms with van der Waals surface area (Å²) in [5.74, 6) is 0.350. The molecule has 0 unspecified atom stereocenters. The minimum absolute atomic E-state index is 0.0761. The summed E-state index contributed by atoms with van der Waals surface area (Å²) in [6.45, 7) is 0.662. The van der Waals surface area contributed by atoms with Crippen molar-refractivity contribution in [1.29, 1.82) is 0 Å². The van der Waals surface area contributed by atoms with Crippen molar-refractivity contribution in [2.24, 2.45) is 5.92 Å². The molecular formula is C10H18O3. The van der Waals surface area contributed by atoms with E-state index in [1.807, 2.05) is 0 Å². The second-order valence-electron chi connectivity index (χ2n) is 3.62. The molecule has 0 atom stereocenters. The number of ether oxygens (including phenoxy) is 2. The molecule has 1 rings (SSSR count). The van der Waals surface area contributed by atoms with Gasteiger partial charge in [0.05, 0.1) is 6.61 Å². The molecule has 3 heteroatoms. The van der Waals surface area contributed by atoms with Gasteiger partial charge in [0.1, 0.15) is 6.61 Å². The quantitative estimate of drug-likeness (QED) is 0.627. The molecule has 1 fully saturated rings. The lowest BCUT2D eigenvalue weighted by molar-refractivity contribution is -0.149. The van der Waals surface area contributed by atoms with E-state index in [0.717, 1.165) is 0 Å². The van der Waals surface area contributed by atoms with Gasteiger partial charge in [-0.2, -0.15) is 0 Å². The van der Waals surface area contributed by atoms with E-state index in [0.29, 0.717) is 12.5 Å². The third-order valence-electron chi connectivity index (χ3n) is 2.47. The molecule has 13 heavy (non-hydrogen) atoms. The van der Waals surface area contributed by atoms with Crippen molar-refractivity contribution in [3.05, 3.63) is 0 Å². The summed E-state index contributed by atoms with van der Waals surface area (Å²) in [5, 5.41) is 0. The van der Waals surface area contributed by atoms with Crippen LogP contribution in [-0.4, -0.2) is 26.3 Å². The molecule has 3 nitrogen and oxygen atoms in total. The van der Waals surface area contributed by atoms with Crippen molar-refractivity contribution in [2.75, 3.05) is 20.3 Å². The topological polar surface area (TPSA) is 35.5 Å². The maximum atomic E-state index is 10.9. The number of hydrogen-bond donors (Lipinski definition) is 0. The molecule has 1 aliphatic rings. The number of hydrogen-bond acceptors (Lipinski definition) is 3. The summed E-state index contributed by atoms with van der Waals surface area (Å²) in [6.07, 6.45) is 6.32. The molecule has 0 radical (unpaired) electrons. The van der Waals surface area contributed by atoms with Crippen molar-refractivity contribution < 1.29 is 14.3 Å². The number of methoxy groups -OCH3 is 1. The van der Waals surface area contributed by atoms with E-state index in [2.05, 4.69) is 4.74 Å². The highest BCUT2D eigenvalue weighted by Gasteiger charge is 2.15. The summed E-state index contributed by atoms with van der Waals surface area (Å²) in [7, 11) is 1.50. The second-order valence-corrected chi connectivity index (χ2v) is 3.62. The summed E-state index contributed by atoms with van der Waals surface area (Å²) in [4.78, 5) is 10.9. The number of rotatable bonds is 4. The molecule has 0 bridgehead atoms. The van der Waals surface area contributed by atoms with Crippen LogP contribution in [0.15, 0.2) is 0 Å². The van der Waals surface area contributed by atoms with Crippen LogP contribution < -0.4 is 0 Å². The predicted octanol–water partition coefficient (Wildman–Crippen LogP) is 1.76. The van der Waals surface area contributed by atoms with E-state index < -0.39 is 0 Å². The monoisotopic (exact) mass is 186 g/mol. The summed E-state index contributed by atoms with van der Waals surface area (Å²) in [5.41, 5.74) is 0. The Morgan fingerprint density at radius 2 is 2.00 bits per heavy atom. The molecular weight excluding hydrogens is 168 g/mol. The minimum atomic E-state index is -0.243. The Morgan fingerprint density at radius 3 is 2.62 bits per heavy atom. The number of carbonyl (C=O) groups excluding carboxylic acids is 1. The van der Waals surface area contributed by atoms with Gasteiger partial charge in [0.15, 0.2) is 0 Å². The molecule has 0 heterocycles. The van der Waals surface area contributed by atoms with Crippen molar-refractivity contribution in [3.8, 4) is 0 Å². The lowest BCUT2D eigenvalue weighted by Crippen LogP contribution is -2.19. The van der Waals surface area contributed by atoms with Gasteiger partial charge in [0, 0.05) is 7.11 Å². The fraction of sp³-hybridized carbons (Fsp3) is 0.900. The van der Waals surface area contributed by atoms with Gasteiger partial charge in [0.2, 0.25) is 0 Å². The van der Waals surface area contributed by atoms with Gasteiger partial charge < -0.3 is 9.47 Å². The van der Waals surface area contributed by atoms with E-state index in [-0.39, 0.29) is 12.6 Å². The fourth-order valence-electron chi connectivity index (χ4n) is 1.72. The lowest BCUT2D eigenvalue weighted by Gasteiger charge is -2.20. The zero-order valence-corrected chi connectivity index (χ0v) is 8.25. The standard InChI is InChI=1S/C10H18O3/c1-12-8-10(11)13-7-9-5-3-2-4-6-9/h9H,2-8H2,1H3. The van der Waals surface area contributed by atoms with Crippen molar-refractivity contribution in [1.82, 2.24) is 0 Å². The average molecular weight is 186 g/mol. The SMILES string of the molecule is COCC(=O)OCC1CCCCC1. The molecule has 1 aliphatic carbocycles. The first-order valence-electron chi connectivity index (χ1n) is 4.97. The highest BCUT2D eigenvalue weighted by Crippen LogP contribution is 2.23. The summed E-state index contributed by atoms with van der Waals surface area (Å²) in [6, 6.07) is 0. The molecule has 0 aromatic rings. The number of carbonyl (C=O) groups is 1. The lowest BCUT2D eigenvalue weighted by atomic mass is 9.90. The first-order valence-corrected chi connectivity index (χ1v) is 4.97. The Kier molecular flexibility index (Phi) is 4.83. The fourth-order valence-corrected chi connectivity index (χ4v) is 1.72. The van der Waals surface area contributed by atoms with E-state index in [1.54, 1.807) is 0 Å². The Bertz CT molecular complexity index is 150. The first kappa shape index (κ1) is 10.5. The second kappa shape index (κ2) is 5.97. The van der Waals surface area contributed by atoms with Crippen LogP contribution >= 0.6 is 0 Å². The molecule has 0 N–H and O–H groups in total. The van der Waals surface area contributed by atoms with Crippen LogP contribution in [0.3, 0.4) is 0 Å². The Morgan fingerprint density at radius 1 is 1.31 bits per heavy atom. The average Bonchev–Trinajstić information content (AvgIpc) is 2.17. The smallest absolute Gasteiger partial charge is 0.332 e. The van der Waals surface area contributed by atoms with E-state index >= 15 is 0 Å². The maximum absolute atomic E-state index is 10.9. The van der Waals surface area contributed by atoms with Gasteiger partial charge in [-0.25, -0.2) is 4.79 Å². The van der Waals surface area contributed by atoms with Gasteiger partial charge in [-0.05, 0) is 18.8 Å². The van der Waals surface area contributed by atoms with Crippen LogP contribution in [-0.2, 0) is 14.3 Å². The Balaban J connectivity index is 2.06. The zero-order chi connectivity index (χ0) is 9.52. The third-order valence-corrected chi connectivity index (χ3v) is 2.47. The van der Waals surface area contributed by atoms with Crippen molar-refractivity contribution >= 4 is 5.97 Å². The van der Waals surface area contributed by atoms with E-state index in [9.17, 15) is 4.79 Å². The third kappa shape index (κ3) is 4.27. The maximum Gasteiger partial charge on any atom is 0.332 e. The van der Waals surface area contributed by atoms with Crippen LogP contribution in [0.1, 0.15) is 32.1 Å². The highest BCUT2D eigenvalue weighted by molar-refractivity contribution is 5.70. The van der Waals surface area contributed by atoms with Crippen LogP contribution in [0, 0.1) is 5.92 Å². The molecule has 0 aromatic carbocycles.